The molecule has 0 saturated carbocycles. The van der Waals surface area contributed by atoms with Gasteiger partial charge in [-0.15, -0.1) is 5.10 Å². The van der Waals surface area contributed by atoms with Crippen LogP contribution in [0, 0.1) is 0 Å². The van der Waals surface area contributed by atoms with Gasteiger partial charge in [0.05, 0.1) is 23.7 Å². The lowest BCUT2D eigenvalue weighted by atomic mass is 10.5. The summed E-state index contributed by atoms with van der Waals surface area (Å²) in [6.07, 6.45) is 4.42. The summed E-state index contributed by atoms with van der Waals surface area (Å²) in [5.41, 5.74) is 3.07. The molecule has 0 saturated heterocycles. The van der Waals surface area contributed by atoms with E-state index in [0.29, 0.717) is 16.5 Å². The molecule has 0 aliphatic rings. The van der Waals surface area contributed by atoms with Gasteiger partial charge < -0.3 is 4.42 Å². The molecular formula is C9H6Cl2N4O. The van der Waals surface area contributed by atoms with Crippen molar-refractivity contribution in [2.75, 3.05) is 5.43 Å². The molecule has 16 heavy (non-hydrogen) atoms. The minimum absolute atomic E-state index is 0.157. The Morgan fingerprint density at radius 1 is 1.44 bits per heavy atom. The second-order valence-electron chi connectivity index (χ2n) is 2.74. The Kier molecular flexibility index (Phi) is 3.38. The van der Waals surface area contributed by atoms with Crippen molar-refractivity contribution < 1.29 is 4.42 Å². The van der Waals surface area contributed by atoms with Crippen molar-refractivity contribution in [3.8, 4) is 0 Å². The van der Waals surface area contributed by atoms with E-state index in [-0.39, 0.29) is 5.15 Å². The number of hydrogen-bond donors (Lipinski definition) is 1. The van der Waals surface area contributed by atoms with E-state index in [4.69, 9.17) is 27.6 Å². The van der Waals surface area contributed by atoms with Crippen molar-refractivity contribution >= 4 is 35.1 Å². The Hall–Kier alpha value is -1.59. The summed E-state index contributed by atoms with van der Waals surface area (Å²) in [4.78, 5) is 0. The normalized spacial score (nSPS) is 10.9. The lowest BCUT2D eigenvalue weighted by Gasteiger charge is -2.02. The summed E-state index contributed by atoms with van der Waals surface area (Å²) in [5.74, 6) is 0.613. The molecule has 0 spiro atoms. The molecule has 0 aliphatic heterocycles. The average Bonchev–Trinajstić information content (AvgIpc) is 2.75. The van der Waals surface area contributed by atoms with Gasteiger partial charge in [-0.2, -0.15) is 10.2 Å². The lowest BCUT2D eigenvalue weighted by molar-refractivity contribution is 0.560. The molecule has 5 nitrogen and oxygen atoms in total. The second kappa shape index (κ2) is 4.96. The first-order valence-electron chi connectivity index (χ1n) is 4.26. The SMILES string of the molecule is Clc1cnnc(Cl)c1N/N=C/c1ccco1. The molecular weight excluding hydrogens is 251 g/mol. The number of nitrogens with zero attached hydrogens (tertiary/aromatic N) is 3. The number of rotatable bonds is 3. The van der Waals surface area contributed by atoms with Crippen LogP contribution in [-0.4, -0.2) is 16.4 Å². The van der Waals surface area contributed by atoms with Gasteiger partial charge in [0.2, 0.25) is 0 Å². The molecule has 2 aromatic heterocycles. The van der Waals surface area contributed by atoms with E-state index in [1.54, 1.807) is 18.4 Å². The molecule has 0 amide bonds. The standard InChI is InChI=1S/C9H6Cl2N4O/c10-7-5-13-15-9(11)8(7)14-12-4-6-2-1-3-16-6/h1-5H,(H,13,14)/b12-4+. The number of nitrogens with one attached hydrogen (secondary N) is 1. The summed E-state index contributed by atoms with van der Waals surface area (Å²) in [6.45, 7) is 0. The summed E-state index contributed by atoms with van der Waals surface area (Å²) >= 11 is 11.6. The smallest absolute Gasteiger partial charge is 0.178 e. The van der Waals surface area contributed by atoms with Crippen molar-refractivity contribution in [2.45, 2.75) is 0 Å². The van der Waals surface area contributed by atoms with Crippen LogP contribution in [0.4, 0.5) is 5.69 Å². The lowest BCUT2D eigenvalue weighted by Crippen LogP contribution is -1.95. The molecule has 1 N–H and O–H groups in total. The van der Waals surface area contributed by atoms with E-state index in [0.717, 1.165) is 0 Å². The summed E-state index contributed by atoms with van der Waals surface area (Å²) in [6, 6.07) is 3.52. The van der Waals surface area contributed by atoms with Crippen LogP contribution in [0.25, 0.3) is 0 Å². The molecule has 0 fully saturated rings. The number of hydrogen-bond acceptors (Lipinski definition) is 5. The van der Waals surface area contributed by atoms with E-state index in [9.17, 15) is 0 Å². The molecule has 2 rings (SSSR count). The third-order valence-electron chi connectivity index (χ3n) is 1.67. The number of furan rings is 1. The third kappa shape index (κ3) is 2.50. The van der Waals surface area contributed by atoms with Gasteiger partial charge >= 0.3 is 0 Å². The Balaban J connectivity index is 2.10. The van der Waals surface area contributed by atoms with Gasteiger partial charge in [-0.25, -0.2) is 0 Å². The van der Waals surface area contributed by atoms with E-state index >= 15 is 0 Å². The maximum absolute atomic E-state index is 5.84. The van der Waals surface area contributed by atoms with Gasteiger partial charge in [0, 0.05) is 0 Å². The molecule has 0 aliphatic carbocycles. The number of aromatic nitrogens is 2. The van der Waals surface area contributed by atoms with Crippen LogP contribution in [0.5, 0.6) is 0 Å². The van der Waals surface area contributed by atoms with E-state index in [1.807, 2.05) is 0 Å². The summed E-state index contributed by atoms with van der Waals surface area (Å²) in [5, 5.41) is 11.6. The second-order valence-corrected chi connectivity index (χ2v) is 3.51. The predicted molar refractivity (Wildman–Crippen MR) is 62.0 cm³/mol. The van der Waals surface area contributed by atoms with E-state index in [1.165, 1.54) is 12.4 Å². The van der Waals surface area contributed by atoms with Gasteiger partial charge in [-0.3, -0.25) is 5.43 Å². The number of hydrazone groups is 1. The van der Waals surface area contributed by atoms with Crippen molar-refractivity contribution in [3.05, 3.63) is 40.5 Å². The maximum atomic E-state index is 5.84. The zero-order valence-electron chi connectivity index (χ0n) is 7.89. The Morgan fingerprint density at radius 2 is 2.31 bits per heavy atom. The van der Waals surface area contributed by atoms with E-state index < -0.39 is 0 Å². The highest BCUT2D eigenvalue weighted by Crippen LogP contribution is 2.26. The van der Waals surface area contributed by atoms with Crippen LogP contribution in [0.15, 0.2) is 34.1 Å². The topological polar surface area (TPSA) is 63.3 Å². The van der Waals surface area contributed by atoms with Gasteiger partial charge in [0.15, 0.2) is 5.15 Å². The minimum Gasteiger partial charge on any atom is -0.463 e. The van der Waals surface area contributed by atoms with E-state index in [2.05, 4.69) is 20.7 Å². The minimum atomic E-state index is 0.157. The molecule has 7 heteroatoms. The fraction of sp³-hybridized carbons (Fsp3) is 0. The Morgan fingerprint density at radius 3 is 3.00 bits per heavy atom. The van der Waals surface area contributed by atoms with Crippen LogP contribution in [0.1, 0.15) is 5.76 Å². The first-order valence-corrected chi connectivity index (χ1v) is 5.02. The summed E-state index contributed by atoms with van der Waals surface area (Å²) in [7, 11) is 0. The molecule has 0 unspecified atom stereocenters. The molecule has 0 bridgehead atoms. The predicted octanol–water partition coefficient (Wildman–Crippen LogP) is 2.82. The fourth-order valence-corrected chi connectivity index (χ4v) is 1.38. The quantitative estimate of drug-likeness (QED) is 0.678. The highest BCUT2D eigenvalue weighted by Gasteiger charge is 2.05. The maximum Gasteiger partial charge on any atom is 0.178 e. The average molecular weight is 257 g/mol. The van der Waals surface area contributed by atoms with Crippen LogP contribution in [0.3, 0.4) is 0 Å². The number of anilines is 1. The van der Waals surface area contributed by atoms with Gasteiger partial charge in [0.1, 0.15) is 11.4 Å². The zero-order valence-corrected chi connectivity index (χ0v) is 9.40. The van der Waals surface area contributed by atoms with Gasteiger partial charge in [-0.05, 0) is 12.1 Å². The van der Waals surface area contributed by atoms with Crippen LogP contribution in [0.2, 0.25) is 10.2 Å². The highest BCUT2D eigenvalue weighted by atomic mass is 35.5. The highest BCUT2D eigenvalue weighted by molar-refractivity contribution is 6.38. The van der Waals surface area contributed by atoms with Crippen molar-refractivity contribution in [1.82, 2.24) is 10.2 Å². The van der Waals surface area contributed by atoms with Gasteiger partial charge in [0.25, 0.3) is 0 Å². The Labute approximate surface area is 101 Å². The molecule has 2 aromatic rings. The molecule has 0 radical (unpaired) electrons. The van der Waals surface area contributed by atoms with Crippen LogP contribution < -0.4 is 5.43 Å². The fourth-order valence-electron chi connectivity index (χ4n) is 0.968. The molecule has 2 heterocycles. The molecule has 0 aromatic carbocycles. The number of halogens is 2. The van der Waals surface area contributed by atoms with Crippen molar-refractivity contribution in [2.24, 2.45) is 5.10 Å². The monoisotopic (exact) mass is 256 g/mol. The van der Waals surface area contributed by atoms with Crippen molar-refractivity contribution in [3.63, 3.8) is 0 Å². The largest absolute Gasteiger partial charge is 0.463 e. The summed E-state index contributed by atoms with van der Waals surface area (Å²) < 4.78 is 5.05. The molecule has 82 valence electrons. The van der Waals surface area contributed by atoms with Crippen molar-refractivity contribution in [1.29, 1.82) is 0 Å². The first-order chi connectivity index (χ1) is 7.77. The van der Waals surface area contributed by atoms with Gasteiger partial charge in [-0.1, -0.05) is 23.2 Å². The van der Waals surface area contributed by atoms with Crippen LogP contribution >= 0.6 is 23.2 Å². The first kappa shape index (κ1) is 10.9. The molecule has 0 atom stereocenters. The third-order valence-corrected chi connectivity index (χ3v) is 2.22. The van der Waals surface area contributed by atoms with Crippen LogP contribution in [-0.2, 0) is 0 Å². The Bertz CT molecular complexity index is 478. The zero-order chi connectivity index (χ0) is 11.4.